The van der Waals surface area contributed by atoms with Gasteiger partial charge in [-0.2, -0.15) is 4.31 Å². The first-order valence-electron chi connectivity index (χ1n) is 11.2. The topological polar surface area (TPSA) is 107 Å². The van der Waals surface area contributed by atoms with E-state index in [4.69, 9.17) is 13.9 Å². The van der Waals surface area contributed by atoms with Crippen LogP contribution in [0.1, 0.15) is 12.7 Å². The normalized spacial score (nSPS) is 20.5. The fourth-order valence-electron chi connectivity index (χ4n) is 4.43. The molecule has 2 fully saturated rings. The van der Waals surface area contributed by atoms with Crippen LogP contribution in [0.2, 0.25) is 0 Å². The summed E-state index contributed by atoms with van der Waals surface area (Å²) in [6.45, 7) is 4.99. The van der Waals surface area contributed by atoms with Gasteiger partial charge in [0.1, 0.15) is 23.2 Å². The lowest BCUT2D eigenvalue weighted by molar-refractivity contribution is -0.0795. The summed E-state index contributed by atoms with van der Waals surface area (Å²) in [6, 6.07) is 3.66. The number of sulfonamides is 1. The van der Waals surface area contributed by atoms with E-state index in [-0.39, 0.29) is 17.7 Å². The first-order chi connectivity index (χ1) is 16.2. The summed E-state index contributed by atoms with van der Waals surface area (Å²) in [5.41, 5.74) is 1.89. The van der Waals surface area contributed by atoms with Gasteiger partial charge in [-0.15, -0.1) is 0 Å². The molecule has 182 valence electrons. The molecule has 2 aliphatic rings. The highest BCUT2D eigenvalue weighted by molar-refractivity contribution is 7.88. The van der Waals surface area contributed by atoms with Crippen molar-refractivity contribution in [2.75, 3.05) is 39.1 Å². The van der Waals surface area contributed by atoms with Crippen LogP contribution in [-0.4, -0.2) is 78.4 Å². The van der Waals surface area contributed by atoms with Crippen LogP contribution in [0.15, 0.2) is 39.9 Å². The molecule has 0 radical (unpaired) electrons. The molecule has 3 aromatic rings. The van der Waals surface area contributed by atoms with Crippen molar-refractivity contribution < 1.29 is 22.3 Å². The zero-order valence-corrected chi connectivity index (χ0v) is 20.2. The number of fused-ring (bicyclic) bond motifs is 1. The second-order valence-electron chi connectivity index (χ2n) is 9.00. The van der Waals surface area contributed by atoms with Gasteiger partial charge >= 0.3 is 0 Å². The van der Waals surface area contributed by atoms with Crippen molar-refractivity contribution in [2.45, 2.75) is 25.6 Å². The largest absolute Gasteiger partial charge is 0.483 e. The average Bonchev–Trinajstić information content (AvgIpc) is 3.18. The van der Waals surface area contributed by atoms with Crippen LogP contribution in [0.25, 0.3) is 22.1 Å². The number of nitrogens with zero attached hydrogens (tertiary/aromatic N) is 4. The summed E-state index contributed by atoms with van der Waals surface area (Å²) in [5, 5.41) is 0.493. The van der Waals surface area contributed by atoms with Crippen molar-refractivity contribution in [1.29, 1.82) is 0 Å². The SMILES string of the molecule is CC1CN(S(C)(=O)=O)CCN1Cc1cc2c(=O)n(C)cc(-c3ccncc3OC3COC3)c2o1. The van der Waals surface area contributed by atoms with Crippen molar-refractivity contribution in [3.05, 3.63) is 46.8 Å². The second-order valence-corrected chi connectivity index (χ2v) is 11.0. The van der Waals surface area contributed by atoms with Gasteiger partial charge in [0.2, 0.25) is 10.0 Å². The van der Waals surface area contributed by atoms with E-state index in [1.165, 1.54) is 10.6 Å². The third-order valence-corrected chi connectivity index (χ3v) is 7.70. The van der Waals surface area contributed by atoms with Crippen LogP contribution in [0.3, 0.4) is 0 Å². The molecular formula is C23H28N4O6S. The van der Waals surface area contributed by atoms with E-state index < -0.39 is 10.0 Å². The van der Waals surface area contributed by atoms with Crippen LogP contribution >= 0.6 is 0 Å². The lowest BCUT2D eigenvalue weighted by Crippen LogP contribution is -2.52. The summed E-state index contributed by atoms with van der Waals surface area (Å²) in [4.78, 5) is 19.3. The standard InChI is InChI=1S/C23H28N4O6S/c1-15-10-27(34(3,29)30)7-6-26(15)11-16-8-19-22(33-16)20(12-25(2)23(19)28)18-4-5-24-9-21(18)32-17-13-31-14-17/h4-5,8-9,12,15,17H,6-7,10-11,13-14H2,1-3H3. The van der Waals surface area contributed by atoms with E-state index in [1.54, 1.807) is 36.3 Å². The molecule has 11 heteroatoms. The molecule has 0 amide bonds. The Morgan fingerprint density at radius 1 is 1.24 bits per heavy atom. The Kier molecular flexibility index (Phi) is 5.96. The number of ether oxygens (including phenoxy) is 2. The zero-order chi connectivity index (χ0) is 24.0. The summed E-state index contributed by atoms with van der Waals surface area (Å²) in [5.74, 6) is 1.27. The molecule has 34 heavy (non-hydrogen) atoms. The summed E-state index contributed by atoms with van der Waals surface area (Å²) in [7, 11) is -1.50. The molecule has 0 N–H and O–H groups in total. The number of pyridine rings is 2. The van der Waals surface area contributed by atoms with E-state index in [2.05, 4.69) is 9.88 Å². The third kappa shape index (κ3) is 4.36. The van der Waals surface area contributed by atoms with Gasteiger partial charge in [0, 0.05) is 56.2 Å². The van der Waals surface area contributed by atoms with Gasteiger partial charge in [0.05, 0.1) is 37.6 Å². The minimum absolute atomic E-state index is 0.0175. The highest BCUT2D eigenvalue weighted by Gasteiger charge is 2.30. The fourth-order valence-corrected chi connectivity index (χ4v) is 5.33. The Balaban J connectivity index is 1.48. The van der Waals surface area contributed by atoms with Crippen LogP contribution in [0.5, 0.6) is 5.75 Å². The molecule has 0 aliphatic carbocycles. The molecule has 0 bridgehead atoms. The fraction of sp³-hybridized carbons (Fsp3) is 0.478. The molecule has 0 saturated carbocycles. The Morgan fingerprint density at radius 2 is 2.03 bits per heavy atom. The predicted octanol–water partition coefficient (Wildman–Crippen LogP) is 1.44. The second kappa shape index (κ2) is 8.81. The van der Waals surface area contributed by atoms with Gasteiger partial charge < -0.3 is 18.5 Å². The lowest BCUT2D eigenvalue weighted by Gasteiger charge is -2.38. The number of rotatable bonds is 6. The van der Waals surface area contributed by atoms with Gasteiger partial charge in [0.15, 0.2) is 0 Å². The van der Waals surface area contributed by atoms with Crippen molar-refractivity contribution in [1.82, 2.24) is 18.8 Å². The maximum absolute atomic E-state index is 12.9. The van der Waals surface area contributed by atoms with Crippen molar-refractivity contribution in [3.8, 4) is 16.9 Å². The van der Waals surface area contributed by atoms with Crippen molar-refractivity contribution >= 4 is 21.0 Å². The van der Waals surface area contributed by atoms with Gasteiger partial charge in [-0.3, -0.25) is 14.7 Å². The lowest BCUT2D eigenvalue weighted by atomic mass is 10.1. The molecule has 1 atom stereocenters. The molecule has 0 aromatic carbocycles. The molecule has 5 heterocycles. The maximum atomic E-state index is 12.9. The Bertz CT molecular complexity index is 1380. The predicted molar refractivity (Wildman–Crippen MR) is 126 cm³/mol. The summed E-state index contributed by atoms with van der Waals surface area (Å²) < 4.78 is 44.4. The van der Waals surface area contributed by atoms with Crippen molar-refractivity contribution in [3.63, 3.8) is 0 Å². The molecule has 1 unspecified atom stereocenters. The minimum atomic E-state index is -3.22. The van der Waals surface area contributed by atoms with Crippen molar-refractivity contribution in [2.24, 2.45) is 7.05 Å². The van der Waals surface area contributed by atoms with Crippen LogP contribution < -0.4 is 10.3 Å². The van der Waals surface area contributed by atoms with Gasteiger partial charge in [0.25, 0.3) is 5.56 Å². The van der Waals surface area contributed by atoms with Gasteiger partial charge in [-0.1, -0.05) is 0 Å². The quantitative estimate of drug-likeness (QED) is 0.513. The molecule has 2 aliphatic heterocycles. The number of aryl methyl sites for hydroxylation is 1. The van der Waals surface area contributed by atoms with Crippen LogP contribution in [0, 0.1) is 0 Å². The van der Waals surface area contributed by atoms with E-state index in [9.17, 15) is 13.2 Å². The first-order valence-corrected chi connectivity index (χ1v) is 13.1. The van der Waals surface area contributed by atoms with Crippen LogP contribution in [0.4, 0.5) is 0 Å². The number of furan rings is 1. The monoisotopic (exact) mass is 488 g/mol. The first kappa shape index (κ1) is 23.0. The summed E-state index contributed by atoms with van der Waals surface area (Å²) in [6.07, 6.45) is 6.32. The Labute approximate surface area is 197 Å². The van der Waals surface area contributed by atoms with Gasteiger partial charge in [-0.25, -0.2) is 8.42 Å². The average molecular weight is 489 g/mol. The van der Waals surface area contributed by atoms with Crippen LogP contribution in [-0.2, 0) is 28.4 Å². The maximum Gasteiger partial charge on any atom is 0.261 e. The summed E-state index contributed by atoms with van der Waals surface area (Å²) >= 11 is 0. The zero-order valence-electron chi connectivity index (χ0n) is 19.4. The molecular weight excluding hydrogens is 460 g/mol. The van der Waals surface area contributed by atoms with E-state index in [0.717, 1.165) is 11.1 Å². The van der Waals surface area contributed by atoms with E-state index >= 15 is 0 Å². The molecule has 5 rings (SSSR count). The third-order valence-electron chi connectivity index (χ3n) is 6.43. The number of hydrogen-bond donors (Lipinski definition) is 0. The Hall–Kier alpha value is -2.73. The number of hydrogen-bond acceptors (Lipinski definition) is 8. The minimum Gasteiger partial charge on any atom is -0.483 e. The highest BCUT2D eigenvalue weighted by Crippen LogP contribution is 2.36. The Morgan fingerprint density at radius 3 is 2.71 bits per heavy atom. The molecule has 10 nitrogen and oxygen atoms in total. The number of aromatic nitrogens is 2. The van der Waals surface area contributed by atoms with Gasteiger partial charge in [-0.05, 0) is 19.1 Å². The molecule has 0 spiro atoms. The smallest absolute Gasteiger partial charge is 0.261 e. The van der Waals surface area contributed by atoms with E-state index in [1.807, 2.05) is 13.0 Å². The molecule has 3 aromatic heterocycles. The number of piperazine rings is 1. The highest BCUT2D eigenvalue weighted by atomic mass is 32.2. The molecule has 2 saturated heterocycles. The van der Waals surface area contributed by atoms with E-state index in [0.29, 0.717) is 61.9 Å².